The Morgan fingerprint density at radius 3 is 1.58 bits per heavy atom. The average molecular weight is 447 g/mol. The molecule has 0 unspecified atom stereocenters. The van der Waals surface area contributed by atoms with E-state index in [4.69, 9.17) is 9.47 Å². The topological polar surface area (TPSA) is 38.7 Å². The molecule has 0 aliphatic rings. The van der Waals surface area contributed by atoms with Gasteiger partial charge in [0.2, 0.25) is 0 Å². The largest absolute Gasteiger partial charge is 0.388 e. The van der Waals surface area contributed by atoms with Crippen molar-refractivity contribution in [3.8, 4) is 0 Å². The van der Waals surface area contributed by atoms with E-state index < -0.39 is 11.7 Å². The zero-order chi connectivity index (χ0) is 23.2. The van der Waals surface area contributed by atoms with E-state index in [1.165, 1.54) is 32.1 Å². The Labute approximate surface area is 199 Å². The molecule has 0 heterocycles. The van der Waals surface area contributed by atoms with E-state index in [1.54, 1.807) is 0 Å². The third kappa shape index (κ3) is 7.26. The molecule has 0 saturated heterocycles. The van der Waals surface area contributed by atoms with Crippen molar-refractivity contribution in [3.05, 3.63) is 108 Å². The minimum Gasteiger partial charge on any atom is -0.388 e. The van der Waals surface area contributed by atoms with E-state index in [2.05, 4.69) is 43.3 Å². The molecule has 176 valence electrons. The van der Waals surface area contributed by atoms with Gasteiger partial charge in [0, 0.05) is 6.61 Å². The highest BCUT2D eigenvalue weighted by atomic mass is 16.5. The molecule has 3 aromatic carbocycles. The van der Waals surface area contributed by atoms with Crippen LogP contribution < -0.4 is 0 Å². The minimum atomic E-state index is -0.815. The summed E-state index contributed by atoms with van der Waals surface area (Å²) in [7, 11) is 0. The lowest BCUT2D eigenvalue weighted by atomic mass is 9.80. The predicted octanol–water partition coefficient (Wildman–Crippen LogP) is 6.73. The highest BCUT2D eigenvalue weighted by Gasteiger charge is 2.37. The molecule has 3 nitrogen and oxygen atoms in total. The Morgan fingerprint density at radius 1 is 0.636 bits per heavy atom. The summed E-state index contributed by atoms with van der Waals surface area (Å²) in [5, 5.41) is 10.7. The van der Waals surface area contributed by atoms with Crippen molar-refractivity contribution in [3.63, 3.8) is 0 Å². The number of aliphatic hydroxyl groups excluding tert-OH is 1. The molecule has 3 aromatic rings. The van der Waals surface area contributed by atoms with Crippen LogP contribution in [-0.4, -0.2) is 31.0 Å². The monoisotopic (exact) mass is 446 g/mol. The van der Waals surface area contributed by atoms with Gasteiger partial charge in [0.25, 0.3) is 0 Å². The van der Waals surface area contributed by atoms with Crippen molar-refractivity contribution in [1.82, 2.24) is 0 Å². The molecule has 0 aliphatic heterocycles. The van der Waals surface area contributed by atoms with E-state index >= 15 is 0 Å². The van der Waals surface area contributed by atoms with E-state index in [9.17, 15) is 5.11 Å². The molecule has 3 rings (SSSR count). The maximum Gasteiger partial charge on any atom is 0.143 e. The van der Waals surface area contributed by atoms with Gasteiger partial charge < -0.3 is 14.6 Å². The molecule has 0 spiro atoms. The Morgan fingerprint density at radius 2 is 1.09 bits per heavy atom. The third-order valence-corrected chi connectivity index (χ3v) is 5.99. The minimum absolute atomic E-state index is 0.176. The van der Waals surface area contributed by atoms with Crippen LogP contribution >= 0.6 is 0 Å². The highest BCUT2D eigenvalue weighted by Crippen LogP contribution is 2.40. The van der Waals surface area contributed by atoms with Gasteiger partial charge in [-0.3, -0.25) is 0 Å². The number of hydrogen-bond donors (Lipinski definition) is 1. The summed E-state index contributed by atoms with van der Waals surface area (Å²) in [5.74, 6) is 0. The molecular weight excluding hydrogens is 408 g/mol. The van der Waals surface area contributed by atoms with E-state index in [0.29, 0.717) is 6.61 Å². The van der Waals surface area contributed by atoms with Crippen molar-refractivity contribution >= 4 is 0 Å². The number of ether oxygens (including phenoxy) is 2. The van der Waals surface area contributed by atoms with Gasteiger partial charge in [-0.1, -0.05) is 130 Å². The molecule has 1 atom stereocenters. The van der Waals surface area contributed by atoms with Crippen molar-refractivity contribution in [2.24, 2.45) is 0 Å². The molecule has 0 radical (unpaired) electrons. The fourth-order valence-electron chi connectivity index (χ4n) is 4.24. The summed E-state index contributed by atoms with van der Waals surface area (Å²) < 4.78 is 12.4. The van der Waals surface area contributed by atoms with Crippen molar-refractivity contribution in [2.45, 2.75) is 57.2 Å². The fraction of sp³-hybridized carbons (Fsp3) is 0.400. The zero-order valence-corrected chi connectivity index (χ0v) is 19.9. The summed E-state index contributed by atoms with van der Waals surface area (Å²) in [6.45, 7) is 3.37. The maximum atomic E-state index is 10.7. The standard InChI is InChI=1S/C30H38O3/c1-2-3-4-5-6-16-23-32-24-29(31)25-33-30(26-17-10-7-11-18-26,27-19-12-8-13-20-27)28-21-14-9-15-22-28/h7-15,17-22,29,31H,2-6,16,23-25H2,1H3/t29-/m1/s1. The Kier molecular flexibility index (Phi) is 10.6. The number of rotatable bonds is 15. The predicted molar refractivity (Wildman–Crippen MR) is 135 cm³/mol. The van der Waals surface area contributed by atoms with Crippen LogP contribution in [0.4, 0.5) is 0 Å². The zero-order valence-electron chi connectivity index (χ0n) is 19.9. The normalized spacial score (nSPS) is 12.5. The molecular formula is C30H38O3. The number of benzene rings is 3. The van der Waals surface area contributed by atoms with Crippen LogP contribution in [0.1, 0.15) is 62.1 Å². The van der Waals surface area contributed by atoms with E-state index in [-0.39, 0.29) is 13.2 Å². The third-order valence-electron chi connectivity index (χ3n) is 5.99. The van der Waals surface area contributed by atoms with Crippen LogP contribution in [0, 0.1) is 0 Å². The molecule has 0 fully saturated rings. The van der Waals surface area contributed by atoms with E-state index in [1.807, 2.05) is 54.6 Å². The lowest BCUT2D eigenvalue weighted by Gasteiger charge is -2.36. The van der Waals surface area contributed by atoms with Crippen molar-refractivity contribution in [2.75, 3.05) is 19.8 Å². The first-order chi connectivity index (χ1) is 16.3. The lowest BCUT2D eigenvalue weighted by Crippen LogP contribution is -2.36. The molecule has 0 aromatic heterocycles. The molecule has 0 bridgehead atoms. The second-order valence-corrected chi connectivity index (χ2v) is 8.59. The molecule has 3 heteroatoms. The first kappa shape index (κ1) is 25.2. The average Bonchev–Trinajstić information content (AvgIpc) is 2.88. The van der Waals surface area contributed by atoms with E-state index in [0.717, 1.165) is 23.1 Å². The maximum absolute atomic E-state index is 10.7. The quantitative estimate of drug-likeness (QED) is 0.208. The summed E-state index contributed by atoms with van der Waals surface area (Å²) in [6.07, 6.45) is 6.66. The van der Waals surface area contributed by atoms with Gasteiger partial charge in [0.1, 0.15) is 11.7 Å². The Balaban J connectivity index is 1.69. The SMILES string of the molecule is CCCCCCCCOC[C@@H](O)COC(c1ccccc1)(c1ccccc1)c1ccccc1. The van der Waals surface area contributed by atoms with Crippen molar-refractivity contribution < 1.29 is 14.6 Å². The van der Waals surface area contributed by atoms with Crippen LogP contribution in [0.2, 0.25) is 0 Å². The summed E-state index contributed by atoms with van der Waals surface area (Å²) in [4.78, 5) is 0. The summed E-state index contributed by atoms with van der Waals surface area (Å²) in [5.41, 5.74) is 2.28. The van der Waals surface area contributed by atoms with Gasteiger partial charge >= 0.3 is 0 Å². The van der Waals surface area contributed by atoms with Gasteiger partial charge in [0.15, 0.2) is 0 Å². The Bertz CT molecular complexity index is 784. The van der Waals surface area contributed by atoms with Crippen LogP contribution in [0.25, 0.3) is 0 Å². The fourth-order valence-corrected chi connectivity index (χ4v) is 4.24. The van der Waals surface area contributed by atoms with Crippen LogP contribution in [0.5, 0.6) is 0 Å². The molecule has 1 N–H and O–H groups in total. The van der Waals surface area contributed by atoms with Gasteiger partial charge in [0.05, 0.1) is 13.2 Å². The molecule has 0 amide bonds. The Hall–Kier alpha value is -2.46. The van der Waals surface area contributed by atoms with Crippen LogP contribution in [0.3, 0.4) is 0 Å². The smallest absolute Gasteiger partial charge is 0.143 e. The molecule has 0 saturated carbocycles. The number of hydrogen-bond acceptors (Lipinski definition) is 3. The number of aliphatic hydroxyl groups is 1. The first-order valence-corrected chi connectivity index (χ1v) is 12.3. The van der Waals surface area contributed by atoms with Gasteiger partial charge in [-0.05, 0) is 23.1 Å². The van der Waals surface area contributed by atoms with Crippen LogP contribution in [0.15, 0.2) is 91.0 Å². The van der Waals surface area contributed by atoms with Gasteiger partial charge in [-0.15, -0.1) is 0 Å². The molecule has 33 heavy (non-hydrogen) atoms. The molecule has 0 aliphatic carbocycles. The van der Waals surface area contributed by atoms with Gasteiger partial charge in [-0.25, -0.2) is 0 Å². The summed E-state index contributed by atoms with van der Waals surface area (Å²) >= 11 is 0. The first-order valence-electron chi connectivity index (χ1n) is 12.3. The highest BCUT2D eigenvalue weighted by molar-refractivity contribution is 5.47. The van der Waals surface area contributed by atoms with Crippen LogP contribution in [-0.2, 0) is 15.1 Å². The second kappa shape index (κ2) is 13.9. The lowest BCUT2D eigenvalue weighted by molar-refractivity contribution is -0.0641. The second-order valence-electron chi connectivity index (χ2n) is 8.59. The van der Waals surface area contributed by atoms with Crippen molar-refractivity contribution in [1.29, 1.82) is 0 Å². The summed E-state index contributed by atoms with van der Waals surface area (Å²) in [6, 6.07) is 30.7. The number of unbranched alkanes of at least 4 members (excludes halogenated alkanes) is 5. The van der Waals surface area contributed by atoms with Gasteiger partial charge in [-0.2, -0.15) is 0 Å².